The molecule has 0 aromatic carbocycles. The summed E-state index contributed by atoms with van der Waals surface area (Å²) in [6.07, 6.45) is 4.87. The number of aromatic nitrogens is 2. The molecule has 3 heterocycles. The average Bonchev–Trinajstić information content (AvgIpc) is 3.35. The first kappa shape index (κ1) is 20.4. The van der Waals surface area contributed by atoms with Gasteiger partial charge in [0.05, 0.1) is 10.6 Å². The van der Waals surface area contributed by atoms with Gasteiger partial charge >= 0.3 is 0 Å². The number of nitrogens with zero attached hydrogens (tertiary/aromatic N) is 5. The Hall–Kier alpha value is -2.37. The Labute approximate surface area is 165 Å². The minimum atomic E-state index is -3.49. The summed E-state index contributed by atoms with van der Waals surface area (Å²) in [5, 5.41) is 7.18. The zero-order valence-corrected chi connectivity index (χ0v) is 17.0. The molecule has 0 spiro atoms. The minimum Gasteiger partial charge on any atom is -0.364 e. The monoisotopic (exact) mass is 409 g/mol. The second kappa shape index (κ2) is 9.22. The van der Waals surface area contributed by atoms with Gasteiger partial charge in [-0.2, -0.15) is 0 Å². The maximum absolute atomic E-state index is 12.2. The van der Waals surface area contributed by atoms with Gasteiger partial charge in [0, 0.05) is 78.4 Å². The van der Waals surface area contributed by atoms with Crippen LogP contribution < -0.4 is 10.0 Å². The molecule has 2 N–H and O–H groups in total. The first-order valence-corrected chi connectivity index (χ1v) is 10.6. The number of aliphatic imine (C=N–C) groups is 1. The van der Waals surface area contributed by atoms with E-state index < -0.39 is 10.0 Å². The third-order valence-corrected chi connectivity index (χ3v) is 6.02. The Morgan fingerprint density at radius 1 is 1.25 bits per heavy atom. The molecule has 0 atom stereocenters. The lowest BCUT2D eigenvalue weighted by atomic mass is 10.3. The molecule has 0 saturated carbocycles. The van der Waals surface area contributed by atoms with Crippen molar-refractivity contribution < 1.29 is 12.9 Å². The van der Waals surface area contributed by atoms with Crippen LogP contribution in [0.1, 0.15) is 5.69 Å². The van der Waals surface area contributed by atoms with E-state index in [-0.39, 0.29) is 11.4 Å². The lowest BCUT2D eigenvalue weighted by Crippen LogP contribution is -2.53. The molecule has 11 heteroatoms. The summed E-state index contributed by atoms with van der Waals surface area (Å²) >= 11 is 0. The number of nitrogens with one attached hydrogen (secondary N) is 2. The van der Waals surface area contributed by atoms with Crippen LogP contribution in [-0.2, 0) is 23.6 Å². The van der Waals surface area contributed by atoms with Gasteiger partial charge in [0.2, 0.25) is 10.0 Å². The Kier molecular flexibility index (Phi) is 6.70. The third kappa shape index (κ3) is 5.33. The van der Waals surface area contributed by atoms with Gasteiger partial charge < -0.3 is 19.3 Å². The van der Waals surface area contributed by atoms with E-state index in [1.165, 1.54) is 0 Å². The minimum absolute atomic E-state index is 0.266. The van der Waals surface area contributed by atoms with E-state index in [1.54, 1.807) is 43.4 Å². The van der Waals surface area contributed by atoms with Gasteiger partial charge in [0.15, 0.2) is 5.96 Å². The van der Waals surface area contributed by atoms with E-state index >= 15 is 0 Å². The summed E-state index contributed by atoms with van der Waals surface area (Å²) in [7, 11) is 0.0363. The predicted octanol–water partition coefficient (Wildman–Crippen LogP) is -0.315. The van der Waals surface area contributed by atoms with Crippen LogP contribution in [0, 0.1) is 0 Å². The van der Waals surface area contributed by atoms with Gasteiger partial charge in [-0.15, -0.1) is 0 Å². The predicted molar refractivity (Wildman–Crippen MR) is 105 cm³/mol. The zero-order valence-electron chi connectivity index (χ0n) is 16.2. The molecule has 1 saturated heterocycles. The molecule has 0 bridgehead atoms. The second-order valence-electron chi connectivity index (χ2n) is 6.64. The molecular weight excluding hydrogens is 382 g/mol. The summed E-state index contributed by atoms with van der Waals surface area (Å²) < 4.78 is 33.6. The maximum atomic E-state index is 12.2. The fourth-order valence-electron chi connectivity index (χ4n) is 3.08. The summed E-state index contributed by atoms with van der Waals surface area (Å²) in [5.41, 5.74) is 0.932. The van der Waals surface area contributed by atoms with E-state index in [1.807, 2.05) is 6.07 Å². The van der Waals surface area contributed by atoms with E-state index in [0.29, 0.717) is 6.54 Å². The van der Waals surface area contributed by atoms with Crippen molar-refractivity contribution in [1.82, 2.24) is 29.6 Å². The van der Waals surface area contributed by atoms with Gasteiger partial charge in [-0.25, -0.2) is 13.1 Å². The number of rotatable bonds is 7. The van der Waals surface area contributed by atoms with Crippen molar-refractivity contribution in [3.8, 4) is 0 Å². The van der Waals surface area contributed by atoms with E-state index in [2.05, 4.69) is 30.0 Å². The molecule has 3 rings (SSSR count). The van der Waals surface area contributed by atoms with Crippen LogP contribution in [-0.4, -0.2) is 80.2 Å². The Morgan fingerprint density at radius 3 is 2.64 bits per heavy atom. The number of guanidine groups is 1. The SMILES string of the molecule is CN=C(NCCNS(=O)(=O)c1ccn(C)c1)N1CCN(Cc2ccon2)CC1. The standard InChI is InChI=1S/C17H27N7O3S/c1-18-17(19-5-6-20-28(25,26)16-3-7-22(2)14-16)24-10-8-23(9-11-24)13-15-4-12-27-21-15/h3-4,7,12,14,20H,5-6,8-11,13H2,1-2H3,(H,18,19). The fraction of sp³-hybridized carbons (Fsp3) is 0.529. The topological polar surface area (TPSA) is 108 Å². The maximum Gasteiger partial charge on any atom is 0.242 e. The van der Waals surface area contributed by atoms with Gasteiger partial charge in [-0.05, 0) is 6.07 Å². The van der Waals surface area contributed by atoms with Crippen LogP contribution in [0.4, 0.5) is 0 Å². The van der Waals surface area contributed by atoms with Gasteiger partial charge in [0.1, 0.15) is 6.26 Å². The largest absolute Gasteiger partial charge is 0.364 e. The quantitative estimate of drug-likeness (QED) is 0.367. The molecule has 0 unspecified atom stereocenters. The molecule has 1 aliphatic rings. The number of piperazine rings is 1. The molecule has 0 amide bonds. The lowest BCUT2D eigenvalue weighted by molar-refractivity contribution is 0.169. The first-order valence-electron chi connectivity index (χ1n) is 9.17. The normalized spacial score (nSPS) is 16.5. The van der Waals surface area contributed by atoms with Crippen molar-refractivity contribution in [2.24, 2.45) is 12.0 Å². The van der Waals surface area contributed by atoms with Crippen LogP contribution >= 0.6 is 0 Å². The van der Waals surface area contributed by atoms with Gasteiger partial charge in [-0.3, -0.25) is 9.89 Å². The summed E-state index contributed by atoms with van der Waals surface area (Å²) in [6.45, 7) is 4.99. The van der Waals surface area contributed by atoms with Crippen molar-refractivity contribution >= 4 is 16.0 Å². The highest BCUT2D eigenvalue weighted by Crippen LogP contribution is 2.08. The third-order valence-electron chi connectivity index (χ3n) is 4.58. The first-order chi connectivity index (χ1) is 13.5. The van der Waals surface area contributed by atoms with Crippen molar-refractivity contribution in [2.75, 3.05) is 46.3 Å². The van der Waals surface area contributed by atoms with Crippen LogP contribution in [0.5, 0.6) is 0 Å². The van der Waals surface area contributed by atoms with Crippen molar-refractivity contribution in [1.29, 1.82) is 0 Å². The number of sulfonamides is 1. The van der Waals surface area contributed by atoms with Gasteiger partial charge in [-0.1, -0.05) is 5.16 Å². The van der Waals surface area contributed by atoms with E-state index in [4.69, 9.17) is 4.52 Å². The van der Waals surface area contributed by atoms with Crippen LogP contribution in [0.2, 0.25) is 0 Å². The van der Waals surface area contributed by atoms with E-state index in [9.17, 15) is 8.42 Å². The van der Waals surface area contributed by atoms with Crippen LogP contribution in [0.3, 0.4) is 0 Å². The van der Waals surface area contributed by atoms with Crippen LogP contribution in [0.15, 0.2) is 45.2 Å². The Bertz CT molecular complexity index is 868. The highest BCUT2D eigenvalue weighted by Gasteiger charge is 2.20. The summed E-state index contributed by atoms with van der Waals surface area (Å²) in [5.74, 6) is 0.778. The highest BCUT2D eigenvalue weighted by molar-refractivity contribution is 7.89. The van der Waals surface area contributed by atoms with Gasteiger partial charge in [0.25, 0.3) is 0 Å². The molecule has 2 aromatic rings. The average molecular weight is 410 g/mol. The Balaban J connectivity index is 1.40. The molecule has 1 aliphatic heterocycles. The molecule has 1 fully saturated rings. The summed E-state index contributed by atoms with van der Waals surface area (Å²) in [4.78, 5) is 9.07. The highest BCUT2D eigenvalue weighted by atomic mass is 32.2. The smallest absolute Gasteiger partial charge is 0.242 e. The van der Waals surface area contributed by atoms with Crippen molar-refractivity contribution in [3.63, 3.8) is 0 Å². The molecule has 2 aromatic heterocycles. The number of aryl methyl sites for hydroxylation is 1. The molecular formula is C17H27N7O3S. The molecule has 28 heavy (non-hydrogen) atoms. The Morgan fingerprint density at radius 2 is 2.04 bits per heavy atom. The zero-order chi connectivity index (χ0) is 20.0. The molecule has 0 aliphatic carbocycles. The lowest BCUT2D eigenvalue weighted by Gasteiger charge is -2.36. The number of hydrogen-bond donors (Lipinski definition) is 2. The van der Waals surface area contributed by atoms with Crippen molar-refractivity contribution in [2.45, 2.75) is 11.4 Å². The molecule has 10 nitrogen and oxygen atoms in total. The molecule has 0 radical (unpaired) electrons. The summed E-state index contributed by atoms with van der Waals surface area (Å²) in [6, 6.07) is 3.45. The van der Waals surface area contributed by atoms with Crippen LogP contribution in [0.25, 0.3) is 0 Å². The molecule has 154 valence electrons. The fourth-order valence-corrected chi connectivity index (χ4v) is 4.16. The second-order valence-corrected chi connectivity index (χ2v) is 8.41. The van der Waals surface area contributed by atoms with E-state index in [0.717, 1.165) is 44.4 Å². The van der Waals surface area contributed by atoms with Crippen molar-refractivity contribution in [3.05, 3.63) is 36.5 Å². The number of hydrogen-bond acceptors (Lipinski definition) is 6.